The van der Waals surface area contributed by atoms with Crippen molar-refractivity contribution in [2.24, 2.45) is 5.92 Å². The van der Waals surface area contributed by atoms with Crippen molar-refractivity contribution in [1.82, 2.24) is 9.80 Å². The normalized spacial score (nSPS) is 31.6. The average Bonchev–Trinajstić information content (AvgIpc) is 2.97. The van der Waals surface area contributed by atoms with Crippen molar-refractivity contribution in [2.75, 3.05) is 32.8 Å². The molecular formula is C16H24N2O2. The zero-order valence-corrected chi connectivity index (χ0v) is 12.0. The molecule has 4 nitrogen and oxygen atoms in total. The van der Waals surface area contributed by atoms with Gasteiger partial charge in [0.15, 0.2) is 0 Å². The van der Waals surface area contributed by atoms with Crippen LogP contribution in [-0.2, 0) is 11.3 Å². The van der Waals surface area contributed by atoms with E-state index in [0.29, 0.717) is 12.1 Å². The maximum Gasteiger partial charge on any atom is 0.0947 e. The lowest BCUT2D eigenvalue weighted by Crippen LogP contribution is -2.49. The zero-order valence-electron chi connectivity index (χ0n) is 12.0. The Kier molecular flexibility index (Phi) is 3.54. The molecule has 1 saturated carbocycles. The Morgan fingerprint density at radius 2 is 2.20 bits per heavy atom. The maximum atomic E-state index is 6.08. The molecule has 2 aliphatic heterocycles. The highest BCUT2D eigenvalue weighted by Crippen LogP contribution is 2.31. The number of ether oxygens (including phenoxy) is 1. The smallest absolute Gasteiger partial charge is 0.0947 e. The molecule has 2 atom stereocenters. The SMILES string of the molecule is c1cc(CN2CCN3C[C@@H](OCC4CC4)C[C@H]3C2)co1. The first-order valence-corrected chi connectivity index (χ1v) is 7.96. The number of hydrogen-bond acceptors (Lipinski definition) is 4. The zero-order chi connectivity index (χ0) is 13.4. The van der Waals surface area contributed by atoms with E-state index >= 15 is 0 Å². The van der Waals surface area contributed by atoms with Crippen LogP contribution in [0, 0.1) is 5.92 Å². The first kappa shape index (κ1) is 12.9. The first-order valence-electron chi connectivity index (χ1n) is 7.96. The van der Waals surface area contributed by atoms with Crippen LogP contribution in [-0.4, -0.2) is 54.7 Å². The Bertz CT molecular complexity index is 430. The second-order valence-corrected chi connectivity index (χ2v) is 6.65. The second-order valence-electron chi connectivity index (χ2n) is 6.65. The Morgan fingerprint density at radius 3 is 3.00 bits per heavy atom. The van der Waals surface area contributed by atoms with Crippen LogP contribution in [0.4, 0.5) is 0 Å². The van der Waals surface area contributed by atoms with Gasteiger partial charge in [-0.25, -0.2) is 0 Å². The molecule has 3 heterocycles. The number of nitrogens with zero attached hydrogens (tertiary/aromatic N) is 2. The van der Waals surface area contributed by atoms with Crippen molar-refractivity contribution in [3.63, 3.8) is 0 Å². The van der Waals surface area contributed by atoms with Crippen molar-refractivity contribution in [2.45, 2.75) is 38.0 Å². The van der Waals surface area contributed by atoms with Crippen LogP contribution in [0.15, 0.2) is 23.0 Å². The van der Waals surface area contributed by atoms with E-state index in [-0.39, 0.29) is 0 Å². The van der Waals surface area contributed by atoms with Gasteiger partial charge in [0.05, 0.1) is 18.6 Å². The molecule has 0 N–H and O–H groups in total. The predicted molar refractivity (Wildman–Crippen MR) is 76.4 cm³/mol. The number of hydrogen-bond donors (Lipinski definition) is 0. The average molecular weight is 276 g/mol. The van der Waals surface area contributed by atoms with E-state index in [2.05, 4.69) is 15.9 Å². The van der Waals surface area contributed by atoms with Crippen LogP contribution < -0.4 is 0 Å². The summed E-state index contributed by atoms with van der Waals surface area (Å²) in [5.41, 5.74) is 1.29. The summed E-state index contributed by atoms with van der Waals surface area (Å²) in [5, 5.41) is 0. The van der Waals surface area contributed by atoms with E-state index < -0.39 is 0 Å². The molecule has 0 aromatic carbocycles. The fourth-order valence-corrected chi connectivity index (χ4v) is 3.52. The molecule has 0 spiro atoms. The highest BCUT2D eigenvalue weighted by atomic mass is 16.5. The fraction of sp³-hybridized carbons (Fsp3) is 0.750. The Hall–Kier alpha value is -0.840. The third-order valence-electron chi connectivity index (χ3n) is 4.91. The third kappa shape index (κ3) is 2.92. The Morgan fingerprint density at radius 1 is 1.25 bits per heavy atom. The van der Waals surface area contributed by atoms with Crippen molar-refractivity contribution >= 4 is 0 Å². The van der Waals surface area contributed by atoms with Crippen LogP contribution in [0.3, 0.4) is 0 Å². The van der Waals surface area contributed by atoms with Crippen molar-refractivity contribution in [3.05, 3.63) is 24.2 Å². The summed E-state index contributed by atoms with van der Waals surface area (Å²) < 4.78 is 11.2. The van der Waals surface area contributed by atoms with Gasteiger partial charge < -0.3 is 9.15 Å². The van der Waals surface area contributed by atoms with Crippen LogP contribution in [0.2, 0.25) is 0 Å². The number of piperazine rings is 1. The van der Waals surface area contributed by atoms with Gasteiger partial charge in [0.1, 0.15) is 0 Å². The van der Waals surface area contributed by atoms with Crippen LogP contribution >= 0.6 is 0 Å². The molecule has 3 aliphatic rings. The van der Waals surface area contributed by atoms with Gasteiger partial charge in [-0.3, -0.25) is 9.80 Å². The van der Waals surface area contributed by atoms with Gasteiger partial charge in [-0.15, -0.1) is 0 Å². The van der Waals surface area contributed by atoms with Crippen molar-refractivity contribution < 1.29 is 9.15 Å². The predicted octanol–water partition coefficient (Wildman–Crippen LogP) is 1.96. The highest BCUT2D eigenvalue weighted by molar-refractivity contribution is 5.05. The summed E-state index contributed by atoms with van der Waals surface area (Å²) in [6.45, 7) is 6.70. The minimum atomic E-state index is 0.481. The fourth-order valence-electron chi connectivity index (χ4n) is 3.52. The minimum absolute atomic E-state index is 0.481. The molecule has 20 heavy (non-hydrogen) atoms. The minimum Gasteiger partial charge on any atom is -0.472 e. The summed E-state index contributed by atoms with van der Waals surface area (Å²) in [6, 6.07) is 2.77. The van der Waals surface area contributed by atoms with Gasteiger partial charge in [-0.2, -0.15) is 0 Å². The van der Waals surface area contributed by atoms with E-state index in [0.717, 1.165) is 32.2 Å². The van der Waals surface area contributed by atoms with E-state index in [9.17, 15) is 0 Å². The van der Waals surface area contributed by atoms with Crippen molar-refractivity contribution in [1.29, 1.82) is 0 Å². The molecule has 0 radical (unpaired) electrons. The van der Waals surface area contributed by atoms with Gasteiger partial charge in [0, 0.05) is 50.9 Å². The van der Waals surface area contributed by atoms with Crippen molar-refractivity contribution in [3.8, 4) is 0 Å². The lowest BCUT2D eigenvalue weighted by molar-refractivity contribution is 0.0508. The summed E-state index contributed by atoms with van der Waals surface area (Å²) >= 11 is 0. The second kappa shape index (κ2) is 5.51. The van der Waals surface area contributed by atoms with E-state index in [4.69, 9.17) is 9.15 Å². The quantitative estimate of drug-likeness (QED) is 0.822. The van der Waals surface area contributed by atoms with Crippen LogP contribution in [0.5, 0.6) is 0 Å². The molecule has 110 valence electrons. The molecule has 1 aromatic rings. The summed E-state index contributed by atoms with van der Waals surface area (Å²) in [6.07, 6.45) is 8.10. The number of furan rings is 1. The molecule has 2 saturated heterocycles. The standard InChI is InChI=1S/C16H24N2O2/c1-2-13(1)12-20-16-7-15-9-17(4-5-18(15)10-16)8-14-3-6-19-11-14/h3,6,11,13,15-16H,1-2,4-5,7-10,12H2/t15-,16-/m0/s1. The lowest BCUT2D eigenvalue weighted by atomic mass is 10.1. The summed E-state index contributed by atoms with van der Waals surface area (Å²) in [7, 11) is 0. The molecule has 1 aromatic heterocycles. The van der Waals surface area contributed by atoms with E-state index in [1.54, 1.807) is 6.26 Å². The Balaban J connectivity index is 1.28. The monoisotopic (exact) mass is 276 g/mol. The number of fused-ring (bicyclic) bond motifs is 1. The highest BCUT2D eigenvalue weighted by Gasteiger charge is 2.37. The summed E-state index contributed by atoms with van der Waals surface area (Å²) in [4.78, 5) is 5.18. The first-order chi connectivity index (χ1) is 9.87. The van der Waals surface area contributed by atoms with Gasteiger partial charge in [-0.05, 0) is 31.2 Å². The third-order valence-corrected chi connectivity index (χ3v) is 4.91. The van der Waals surface area contributed by atoms with E-state index in [1.165, 1.54) is 37.9 Å². The Labute approximate surface area is 120 Å². The van der Waals surface area contributed by atoms with Gasteiger partial charge in [0.2, 0.25) is 0 Å². The van der Waals surface area contributed by atoms with Crippen LogP contribution in [0.25, 0.3) is 0 Å². The molecule has 4 heteroatoms. The largest absolute Gasteiger partial charge is 0.472 e. The van der Waals surface area contributed by atoms with Gasteiger partial charge in [0.25, 0.3) is 0 Å². The van der Waals surface area contributed by atoms with Crippen LogP contribution in [0.1, 0.15) is 24.8 Å². The summed E-state index contributed by atoms with van der Waals surface area (Å²) in [5.74, 6) is 0.880. The molecule has 1 aliphatic carbocycles. The molecule has 4 rings (SSSR count). The lowest BCUT2D eigenvalue weighted by Gasteiger charge is -2.37. The molecule has 0 bridgehead atoms. The molecular weight excluding hydrogens is 252 g/mol. The molecule has 0 amide bonds. The maximum absolute atomic E-state index is 6.08. The number of rotatable bonds is 5. The van der Waals surface area contributed by atoms with Gasteiger partial charge >= 0.3 is 0 Å². The van der Waals surface area contributed by atoms with E-state index in [1.807, 2.05) is 6.26 Å². The molecule has 0 unspecified atom stereocenters. The topological polar surface area (TPSA) is 28.9 Å². The van der Waals surface area contributed by atoms with Gasteiger partial charge in [-0.1, -0.05) is 0 Å². The molecule has 3 fully saturated rings.